The lowest BCUT2D eigenvalue weighted by molar-refractivity contribution is 0.0941. The summed E-state index contributed by atoms with van der Waals surface area (Å²) in [7, 11) is 4.61. The number of carbonyl (C=O) groups excluding carboxylic acids is 1. The predicted octanol–water partition coefficient (Wildman–Crippen LogP) is 4.20. The van der Waals surface area contributed by atoms with Gasteiger partial charge in [-0.1, -0.05) is 0 Å². The average Bonchev–Trinajstić information content (AvgIpc) is 2.71. The number of nitrogens with zero attached hydrogens (tertiary/aromatic N) is 1. The van der Waals surface area contributed by atoms with Crippen LogP contribution in [0.1, 0.15) is 34.6 Å². The van der Waals surface area contributed by atoms with Crippen LogP contribution >= 0.6 is 0 Å². The lowest BCUT2D eigenvalue weighted by Gasteiger charge is -2.19. The monoisotopic (exact) mass is 398 g/mol. The zero-order chi connectivity index (χ0) is 21.1. The minimum absolute atomic E-state index is 0.284. The van der Waals surface area contributed by atoms with Gasteiger partial charge in [0.15, 0.2) is 11.5 Å². The molecule has 2 aromatic carbocycles. The molecule has 1 aromatic heterocycles. The minimum atomic E-state index is -0.396. The molecular formula is C22H23FN2O4. The van der Waals surface area contributed by atoms with E-state index in [0.29, 0.717) is 39.4 Å². The topological polar surface area (TPSA) is 69.7 Å². The Morgan fingerprint density at radius 2 is 1.69 bits per heavy atom. The van der Waals surface area contributed by atoms with E-state index >= 15 is 0 Å². The number of benzene rings is 2. The number of aromatic nitrogens is 1. The molecular weight excluding hydrogens is 375 g/mol. The Hall–Kier alpha value is -3.35. The second kappa shape index (κ2) is 8.34. The summed E-state index contributed by atoms with van der Waals surface area (Å²) in [5, 5.41) is 3.56. The van der Waals surface area contributed by atoms with Gasteiger partial charge in [0.1, 0.15) is 5.82 Å². The number of rotatable bonds is 6. The van der Waals surface area contributed by atoms with E-state index < -0.39 is 5.82 Å². The molecule has 0 saturated carbocycles. The van der Waals surface area contributed by atoms with Gasteiger partial charge in [0, 0.05) is 17.1 Å². The van der Waals surface area contributed by atoms with Gasteiger partial charge in [-0.3, -0.25) is 9.78 Å². The van der Waals surface area contributed by atoms with Crippen LogP contribution < -0.4 is 19.5 Å². The molecule has 0 spiro atoms. The van der Waals surface area contributed by atoms with E-state index in [9.17, 15) is 9.18 Å². The largest absolute Gasteiger partial charge is 0.493 e. The Labute approximate surface area is 168 Å². The lowest BCUT2D eigenvalue weighted by Crippen LogP contribution is -2.27. The van der Waals surface area contributed by atoms with Gasteiger partial charge in [-0.15, -0.1) is 0 Å². The van der Waals surface area contributed by atoms with Gasteiger partial charge < -0.3 is 19.5 Å². The molecule has 1 N–H and O–H groups in total. The van der Waals surface area contributed by atoms with E-state index in [1.54, 1.807) is 31.2 Å². The lowest BCUT2D eigenvalue weighted by atomic mass is 10.0. The van der Waals surface area contributed by atoms with Gasteiger partial charge in [-0.25, -0.2) is 4.39 Å². The SMILES string of the molecule is COc1cc([C@H](C)NC(=O)c2cc(C)nc3cc(F)ccc23)cc(OC)c1OC. The maximum Gasteiger partial charge on any atom is 0.252 e. The molecule has 1 amide bonds. The fourth-order valence-corrected chi connectivity index (χ4v) is 3.23. The van der Waals surface area contributed by atoms with Crippen molar-refractivity contribution in [3.8, 4) is 17.2 Å². The van der Waals surface area contributed by atoms with Gasteiger partial charge >= 0.3 is 0 Å². The first-order chi connectivity index (χ1) is 13.9. The molecule has 0 aliphatic heterocycles. The number of halogens is 1. The summed E-state index contributed by atoms with van der Waals surface area (Å²) < 4.78 is 29.7. The van der Waals surface area contributed by atoms with Crippen LogP contribution in [-0.4, -0.2) is 32.2 Å². The molecule has 0 fully saturated rings. The highest BCUT2D eigenvalue weighted by Gasteiger charge is 2.19. The van der Waals surface area contributed by atoms with Crippen molar-refractivity contribution in [2.45, 2.75) is 19.9 Å². The summed E-state index contributed by atoms with van der Waals surface area (Å²) in [6.45, 7) is 3.62. The number of hydrogen-bond donors (Lipinski definition) is 1. The Morgan fingerprint density at radius 1 is 1.03 bits per heavy atom. The van der Waals surface area contributed by atoms with Crippen LogP contribution in [0.4, 0.5) is 4.39 Å². The zero-order valence-corrected chi connectivity index (χ0v) is 17.0. The second-order valence-corrected chi connectivity index (χ2v) is 6.63. The standard InChI is InChI=1S/C22H23FN2O4/c1-12-8-17(16-7-6-15(23)11-18(16)24-12)22(26)25-13(2)14-9-19(27-3)21(29-5)20(10-14)28-4/h6-11,13H,1-5H3,(H,25,26)/t13-/m0/s1. The third kappa shape index (κ3) is 4.08. The highest BCUT2D eigenvalue weighted by molar-refractivity contribution is 6.06. The maximum atomic E-state index is 13.6. The minimum Gasteiger partial charge on any atom is -0.493 e. The van der Waals surface area contributed by atoms with Gasteiger partial charge in [-0.2, -0.15) is 0 Å². The van der Waals surface area contributed by atoms with Crippen molar-refractivity contribution in [1.82, 2.24) is 10.3 Å². The van der Waals surface area contributed by atoms with E-state index in [-0.39, 0.29) is 11.9 Å². The number of pyridine rings is 1. The summed E-state index contributed by atoms with van der Waals surface area (Å²) in [4.78, 5) is 17.3. The van der Waals surface area contributed by atoms with E-state index in [2.05, 4.69) is 10.3 Å². The van der Waals surface area contributed by atoms with Crippen LogP contribution in [0, 0.1) is 12.7 Å². The van der Waals surface area contributed by atoms with Crippen molar-refractivity contribution >= 4 is 16.8 Å². The van der Waals surface area contributed by atoms with Gasteiger partial charge in [0.25, 0.3) is 5.91 Å². The number of fused-ring (bicyclic) bond motifs is 1. The van der Waals surface area contributed by atoms with E-state index in [4.69, 9.17) is 14.2 Å². The van der Waals surface area contributed by atoms with Crippen LogP contribution in [0.25, 0.3) is 10.9 Å². The smallest absolute Gasteiger partial charge is 0.252 e. The fraction of sp³-hybridized carbons (Fsp3) is 0.273. The van der Waals surface area contributed by atoms with Crippen molar-refractivity contribution in [2.24, 2.45) is 0 Å². The van der Waals surface area contributed by atoms with Crippen LogP contribution in [0.15, 0.2) is 36.4 Å². The highest BCUT2D eigenvalue weighted by atomic mass is 19.1. The number of ether oxygens (including phenoxy) is 3. The first kappa shape index (κ1) is 20.4. The highest BCUT2D eigenvalue weighted by Crippen LogP contribution is 2.39. The third-order valence-corrected chi connectivity index (χ3v) is 4.68. The molecule has 0 bridgehead atoms. The maximum absolute atomic E-state index is 13.6. The molecule has 6 nitrogen and oxygen atoms in total. The van der Waals surface area contributed by atoms with Crippen molar-refractivity contribution in [3.05, 3.63) is 59.0 Å². The van der Waals surface area contributed by atoms with Crippen LogP contribution in [0.2, 0.25) is 0 Å². The molecule has 3 aromatic rings. The van der Waals surface area contributed by atoms with Crippen LogP contribution in [0.5, 0.6) is 17.2 Å². The third-order valence-electron chi connectivity index (χ3n) is 4.68. The van der Waals surface area contributed by atoms with Gasteiger partial charge in [-0.05, 0) is 49.7 Å². The summed E-state index contributed by atoms with van der Waals surface area (Å²) in [5.74, 6) is 0.809. The average molecular weight is 398 g/mol. The molecule has 0 saturated heterocycles. The normalized spacial score (nSPS) is 11.8. The summed E-state index contributed by atoms with van der Waals surface area (Å²) in [6.07, 6.45) is 0. The molecule has 1 atom stereocenters. The van der Waals surface area contributed by atoms with Crippen molar-refractivity contribution in [1.29, 1.82) is 0 Å². The van der Waals surface area contributed by atoms with Crippen LogP contribution in [-0.2, 0) is 0 Å². The second-order valence-electron chi connectivity index (χ2n) is 6.63. The molecule has 7 heteroatoms. The molecule has 1 heterocycles. The Bertz CT molecular complexity index is 1040. The molecule has 29 heavy (non-hydrogen) atoms. The Balaban J connectivity index is 1.95. The molecule has 3 rings (SSSR count). The Morgan fingerprint density at radius 3 is 2.28 bits per heavy atom. The number of aryl methyl sites for hydroxylation is 1. The Kier molecular flexibility index (Phi) is 5.87. The molecule has 152 valence electrons. The molecule has 0 aliphatic carbocycles. The van der Waals surface area contributed by atoms with Gasteiger partial charge in [0.2, 0.25) is 5.75 Å². The van der Waals surface area contributed by atoms with Crippen molar-refractivity contribution in [3.63, 3.8) is 0 Å². The summed E-state index contributed by atoms with van der Waals surface area (Å²) in [5.41, 5.74) is 2.30. The molecule has 0 unspecified atom stereocenters. The summed E-state index contributed by atoms with van der Waals surface area (Å²) >= 11 is 0. The molecule has 0 aliphatic rings. The quantitative estimate of drug-likeness (QED) is 0.674. The summed E-state index contributed by atoms with van der Waals surface area (Å²) in [6, 6.07) is 9.13. The zero-order valence-electron chi connectivity index (χ0n) is 17.0. The van der Waals surface area contributed by atoms with E-state index in [1.165, 1.54) is 33.5 Å². The predicted molar refractivity (Wildman–Crippen MR) is 108 cm³/mol. The first-order valence-corrected chi connectivity index (χ1v) is 9.05. The van der Waals surface area contributed by atoms with E-state index in [0.717, 1.165) is 5.56 Å². The number of hydrogen-bond acceptors (Lipinski definition) is 5. The molecule has 0 radical (unpaired) electrons. The number of nitrogens with one attached hydrogen (secondary N) is 1. The van der Waals surface area contributed by atoms with Crippen molar-refractivity contribution in [2.75, 3.05) is 21.3 Å². The number of amides is 1. The van der Waals surface area contributed by atoms with Gasteiger partial charge in [0.05, 0.1) is 38.5 Å². The fourth-order valence-electron chi connectivity index (χ4n) is 3.23. The van der Waals surface area contributed by atoms with Crippen LogP contribution in [0.3, 0.4) is 0 Å². The number of carbonyl (C=O) groups is 1. The van der Waals surface area contributed by atoms with Crippen molar-refractivity contribution < 1.29 is 23.4 Å². The number of methoxy groups -OCH3 is 3. The first-order valence-electron chi connectivity index (χ1n) is 9.05. The van der Waals surface area contributed by atoms with E-state index in [1.807, 2.05) is 6.92 Å².